The topological polar surface area (TPSA) is 115 Å². The summed E-state index contributed by atoms with van der Waals surface area (Å²) >= 11 is 0. The van der Waals surface area contributed by atoms with Crippen LogP contribution >= 0.6 is 0 Å². The Morgan fingerprint density at radius 2 is 2.09 bits per heavy atom. The third-order valence-corrected chi connectivity index (χ3v) is 3.76. The lowest BCUT2D eigenvalue weighted by Crippen LogP contribution is -2.37. The normalized spacial score (nSPS) is 32.1. The second kappa shape index (κ2) is 6.17. The van der Waals surface area contributed by atoms with Gasteiger partial charge in [0.2, 0.25) is 0 Å². The van der Waals surface area contributed by atoms with E-state index in [2.05, 4.69) is 4.98 Å². The van der Waals surface area contributed by atoms with Crippen LogP contribution in [0.3, 0.4) is 0 Å². The quantitative estimate of drug-likeness (QED) is 0.643. The summed E-state index contributed by atoms with van der Waals surface area (Å²) in [6.07, 6.45) is -0.808. The van der Waals surface area contributed by atoms with E-state index in [4.69, 9.17) is 18.9 Å². The molecule has 23 heavy (non-hydrogen) atoms. The van der Waals surface area contributed by atoms with Gasteiger partial charge >= 0.3 is 5.69 Å². The van der Waals surface area contributed by atoms with E-state index in [1.165, 1.54) is 16.8 Å². The van der Waals surface area contributed by atoms with Crippen molar-refractivity contribution in [2.24, 2.45) is 0 Å². The standard InChI is InChI=1S/C14H19N2O7/c1-14(2)22-10-8(7-20-6-5-17)21-12(11(10)23-14)16-4-3-9(18)15-13(16)19/h3-4,8,10-12H,5-7H2,1-2H3,(H,15,18,19)/q-1/t8-,10?,11+,12-/m1/s1. The molecule has 0 bridgehead atoms. The van der Waals surface area contributed by atoms with Gasteiger partial charge in [-0.1, -0.05) is 0 Å². The lowest BCUT2D eigenvalue weighted by atomic mass is 10.1. The van der Waals surface area contributed by atoms with E-state index in [1.54, 1.807) is 13.8 Å². The number of ether oxygens (including phenoxy) is 4. The average Bonchev–Trinajstić information content (AvgIpc) is 2.94. The molecule has 0 radical (unpaired) electrons. The lowest BCUT2D eigenvalue weighted by molar-refractivity contribution is -0.374. The first kappa shape index (κ1) is 16.3. The molecule has 1 N–H and O–H groups in total. The van der Waals surface area contributed by atoms with Crippen molar-refractivity contribution < 1.29 is 24.1 Å². The van der Waals surface area contributed by atoms with Gasteiger partial charge in [0, 0.05) is 18.9 Å². The van der Waals surface area contributed by atoms with Gasteiger partial charge in [-0.05, 0) is 13.8 Å². The van der Waals surface area contributed by atoms with Crippen LogP contribution in [0.1, 0.15) is 20.1 Å². The minimum atomic E-state index is -0.819. The molecular weight excluding hydrogens is 308 g/mol. The fraction of sp³-hybridized carbons (Fsp3) is 0.714. The Kier molecular flexibility index (Phi) is 4.39. The first-order valence-corrected chi connectivity index (χ1v) is 7.40. The Balaban J connectivity index is 1.85. The van der Waals surface area contributed by atoms with Crippen LogP contribution in [0.25, 0.3) is 0 Å². The number of rotatable bonds is 5. The van der Waals surface area contributed by atoms with Crippen molar-refractivity contribution in [3.63, 3.8) is 0 Å². The molecule has 3 heterocycles. The van der Waals surface area contributed by atoms with Crippen molar-refractivity contribution in [3.05, 3.63) is 33.1 Å². The molecule has 2 aliphatic heterocycles. The highest BCUT2D eigenvalue weighted by Gasteiger charge is 2.56. The summed E-state index contributed by atoms with van der Waals surface area (Å²) in [4.78, 5) is 25.4. The molecule has 0 amide bonds. The van der Waals surface area contributed by atoms with Crippen LogP contribution in [-0.2, 0) is 18.9 Å². The number of aromatic amines is 1. The molecule has 2 aliphatic rings. The second-order valence-corrected chi connectivity index (χ2v) is 5.93. The summed E-state index contributed by atoms with van der Waals surface area (Å²) in [7, 11) is 0. The van der Waals surface area contributed by atoms with Gasteiger partial charge in [0.05, 0.1) is 6.61 Å². The molecule has 0 aliphatic carbocycles. The molecule has 4 atom stereocenters. The van der Waals surface area contributed by atoms with E-state index >= 15 is 0 Å². The van der Waals surface area contributed by atoms with Crippen LogP contribution in [0, 0.1) is 0 Å². The Morgan fingerprint density at radius 1 is 1.35 bits per heavy atom. The molecular formula is C14H19N2O7-. The fourth-order valence-corrected chi connectivity index (χ4v) is 2.90. The van der Waals surface area contributed by atoms with Crippen LogP contribution in [-0.4, -0.2) is 53.5 Å². The van der Waals surface area contributed by atoms with E-state index in [-0.39, 0.29) is 19.8 Å². The number of nitrogens with zero attached hydrogens (tertiary/aromatic N) is 1. The van der Waals surface area contributed by atoms with E-state index in [0.29, 0.717) is 0 Å². The monoisotopic (exact) mass is 327 g/mol. The van der Waals surface area contributed by atoms with Crippen LogP contribution in [0.4, 0.5) is 0 Å². The molecule has 3 rings (SSSR count). The van der Waals surface area contributed by atoms with Gasteiger partial charge in [0.1, 0.15) is 18.3 Å². The Labute approximate surface area is 131 Å². The zero-order chi connectivity index (χ0) is 16.6. The average molecular weight is 327 g/mol. The summed E-state index contributed by atoms with van der Waals surface area (Å²) in [5.41, 5.74) is -1.07. The zero-order valence-corrected chi connectivity index (χ0v) is 12.9. The molecule has 128 valence electrons. The summed E-state index contributed by atoms with van der Waals surface area (Å²) in [5, 5.41) is 10.5. The molecule has 2 saturated heterocycles. The van der Waals surface area contributed by atoms with Gasteiger partial charge in [-0.3, -0.25) is 14.3 Å². The van der Waals surface area contributed by atoms with Gasteiger partial charge < -0.3 is 24.1 Å². The van der Waals surface area contributed by atoms with Gasteiger partial charge in [-0.15, -0.1) is 6.61 Å². The predicted octanol–water partition coefficient (Wildman–Crippen LogP) is -1.67. The molecule has 1 aromatic heterocycles. The van der Waals surface area contributed by atoms with Gasteiger partial charge in [-0.25, -0.2) is 4.79 Å². The van der Waals surface area contributed by atoms with Crippen molar-refractivity contribution in [1.82, 2.24) is 9.55 Å². The number of aromatic nitrogens is 2. The number of hydrogen-bond acceptors (Lipinski definition) is 7. The van der Waals surface area contributed by atoms with Crippen LogP contribution < -0.4 is 16.4 Å². The molecule has 2 fully saturated rings. The highest BCUT2D eigenvalue weighted by Crippen LogP contribution is 2.42. The molecule has 9 nitrogen and oxygen atoms in total. The zero-order valence-electron chi connectivity index (χ0n) is 12.9. The number of nitrogens with one attached hydrogen (secondary N) is 1. The molecule has 0 aromatic carbocycles. The van der Waals surface area contributed by atoms with Crippen molar-refractivity contribution in [2.75, 3.05) is 19.8 Å². The molecule has 0 saturated carbocycles. The Bertz CT molecular complexity index is 668. The maximum absolute atomic E-state index is 12.0. The molecule has 1 aromatic rings. The van der Waals surface area contributed by atoms with Crippen molar-refractivity contribution in [2.45, 2.75) is 44.2 Å². The number of hydrogen-bond donors (Lipinski definition) is 1. The highest BCUT2D eigenvalue weighted by atomic mass is 16.8. The van der Waals surface area contributed by atoms with Gasteiger partial charge in [-0.2, -0.15) is 0 Å². The third kappa shape index (κ3) is 3.24. The van der Waals surface area contributed by atoms with Crippen molar-refractivity contribution in [1.29, 1.82) is 0 Å². The van der Waals surface area contributed by atoms with E-state index in [1.807, 2.05) is 0 Å². The second-order valence-electron chi connectivity index (χ2n) is 5.93. The fourth-order valence-electron chi connectivity index (χ4n) is 2.90. The maximum atomic E-state index is 12.0. The molecule has 9 heteroatoms. The molecule has 1 unspecified atom stereocenters. The van der Waals surface area contributed by atoms with Crippen molar-refractivity contribution in [3.8, 4) is 0 Å². The maximum Gasteiger partial charge on any atom is 0.330 e. The minimum absolute atomic E-state index is 0.0742. The largest absolute Gasteiger partial charge is 0.853 e. The summed E-state index contributed by atoms with van der Waals surface area (Å²) in [6.45, 7) is 3.44. The van der Waals surface area contributed by atoms with Gasteiger partial charge in [0.15, 0.2) is 12.0 Å². The van der Waals surface area contributed by atoms with Crippen LogP contribution in [0.5, 0.6) is 0 Å². The van der Waals surface area contributed by atoms with E-state index < -0.39 is 41.6 Å². The Morgan fingerprint density at radius 3 is 2.78 bits per heavy atom. The summed E-state index contributed by atoms with van der Waals surface area (Å²) in [5.74, 6) is -0.819. The van der Waals surface area contributed by atoms with E-state index in [0.717, 1.165) is 0 Å². The first-order valence-electron chi connectivity index (χ1n) is 7.40. The first-order chi connectivity index (χ1) is 10.9. The van der Waals surface area contributed by atoms with Gasteiger partial charge in [0.25, 0.3) is 5.56 Å². The number of fused-ring (bicyclic) bond motifs is 1. The summed E-state index contributed by atoms with van der Waals surface area (Å²) in [6, 6.07) is 1.24. The van der Waals surface area contributed by atoms with Crippen LogP contribution in [0.15, 0.2) is 21.9 Å². The summed E-state index contributed by atoms with van der Waals surface area (Å²) < 4.78 is 24.0. The van der Waals surface area contributed by atoms with Crippen molar-refractivity contribution >= 4 is 0 Å². The number of H-pyrrole nitrogens is 1. The highest BCUT2D eigenvalue weighted by molar-refractivity contribution is 4.98. The predicted molar refractivity (Wildman–Crippen MR) is 74.7 cm³/mol. The minimum Gasteiger partial charge on any atom is -0.853 e. The molecule has 0 spiro atoms. The smallest absolute Gasteiger partial charge is 0.330 e. The third-order valence-electron chi connectivity index (χ3n) is 3.76. The lowest BCUT2D eigenvalue weighted by Gasteiger charge is -2.24. The Hall–Kier alpha value is -1.52. The SMILES string of the molecule is CC1(C)OC2[C@@H](COCC[O-])O[C@@H](n3ccc(=O)[nH]c3=O)[C@H]2O1. The van der Waals surface area contributed by atoms with E-state index in [9.17, 15) is 14.7 Å². The van der Waals surface area contributed by atoms with Crippen LogP contribution in [0.2, 0.25) is 0 Å².